The third-order valence-corrected chi connectivity index (χ3v) is 4.35. The monoisotopic (exact) mass is 299 g/mol. The average Bonchev–Trinajstić information content (AvgIpc) is 3.02. The van der Waals surface area contributed by atoms with Crippen LogP contribution in [0.15, 0.2) is 29.1 Å². The summed E-state index contributed by atoms with van der Waals surface area (Å²) in [6.45, 7) is 1.93. The van der Waals surface area contributed by atoms with Gasteiger partial charge in [-0.3, -0.25) is 15.0 Å². The van der Waals surface area contributed by atoms with Gasteiger partial charge in [-0.25, -0.2) is 9.66 Å². The minimum absolute atomic E-state index is 0.0965. The summed E-state index contributed by atoms with van der Waals surface area (Å²) in [5.74, 6) is 0.943. The van der Waals surface area contributed by atoms with Crippen LogP contribution < -0.4 is 11.0 Å². The van der Waals surface area contributed by atoms with Crippen molar-refractivity contribution in [1.82, 2.24) is 9.66 Å². The Morgan fingerprint density at radius 3 is 2.77 bits per heavy atom. The van der Waals surface area contributed by atoms with Gasteiger partial charge in [-0.1, -0.05) is 31.9 Å². The molecule has 1 aromatic carbocycles. The summed E-state index contributed by atoms with van der Waals surface area (Å²) in [5, 5.41) is 0.529. The van der Waals surface area contributed by atoms with Gasteiger partial charge in [0.25, 0.3) is 5.56 Å². The molecule has 0 aliphatic heterocycles. The molecule has 0 bridgehead atoms. The number of amides is 1. The predicted molar refractivity (Wildman–Crippen MR) is 86.3 cm³/mol. The second-order valence-corrected chi connectivity index (χ2v) is 5.93. The molecule has 1 aliphatic carbocycles. The molecular weight excluding hydrogens is 278 g/mol. The van der Waals surface area contributed by atoms with Gasteiger partial charge in [0.1, 0.15) is 5.82 Å². The number of fused-ring (bicyclic) bond motifs is 1. The van der Waals surface area contributed by atoms with Gasteiger partial charge in [0.05, 0.1) is 10.9 Å². The van der Waals surface area contributed by atoms with Crippen LogP contribution in [0, 0.1) is 5.92 Å². The summed E-state index contributed by atoms with van der Waals surface area (Å²) < 4.78 is 1.32. The number of nitrogens with one attached hydrogen (secondary N) is 1. The minimum Gasteiger partial charge on any atom is -0.273 e. The van der Waals surface area contributed by atoms with Crippen molar-refractivity contribution in [2.75, 3.05) is 5.43 Å². The Kier molecular flexibility index (Phi) is 4.22. The first-order chi connectivity index (χ1) is 10.7. The number of carbonyl (C=O) groups excluding carboxylic acids is 1. The molecule has 5 heteroatoms. The topological polar surface area (TPSA) is 64.0 Å². The molecule has 0 atom stereocenters. The fourth-order valence-electron chi connectivity index (χ4n) is 3.18. The molecule has 3 rings (SSSR count). The number of nitrogens with zero attached hydrogens (tertiary/aromatic N) is 2. The van der Waals surface area contributed by atoms with Crippen molar-refractivity contribution in [1.29, 1.82) is 0 Å². The summed E-state index contributed by atoms with van der Waals surface area (Å²) in [6.07, 6.45) is 5.70. The van der Waals surface area contributed by atoms with Gasteiger partial charge in [-0.2, -0.15) is 0 Å². The Labute approximate surface area is 129 Å². The van der Waals surface area contributed by atoms with Crippen LogP contribution in [0.1, 0.15) is 44.9 Å². The first-order valence-electron chi connectivity index (χ1n) is 7.99. The van der Waals surface area contributed by atoms with E-state index in [9.17, 15) is 9.59 Å². The number of aromatic nitrogens is 2. The minimum atomic E-state index is -0.206. The van der Waals surface area contributed by atoms with Gasteiger partial charge in [-0.15, -0.1) is 0 Å². The summed E-state index contributed by atoms with van der Waals surface area (Å²) in [7, 11) is 0. The first-order valence-corrected chi connectivity index (χ1v) is 7.99. The second-order valence-electron chi connectivity index (χ2n) is 5.93. The summed E-state index contributed by atoms with van der Waals surface area (Å²) in [6, 6.07) is 7.23. The summed E-state index contributed by atoms with van der Waals surface area (Å²) >= 11 is 0. The van der Waals surface area contributed by atoms with Crippen molar-refractivity contribution in [2.24, 2.45) is 5.92 Å². The second kappa shape index (κ2) is 6.30. The molecule has 0 saturated heterocycles. The summed E-state index contributed by atoms with van der Waals surface area (Å²) in [5.41, 5.74) is 3.22. The first kappa shape index (κ1) is 14.8. The number of aryl methyl sites for hydroxylation is 1. The Bertz CT molecular complexity index is 745. The molecule has 1 aromatic heterocycles. The summed E-state index contributed by atoms with van der Waals surface area (Å²) in [4.78, 5) is 29.3. The van der Waals surface area contributed by atoms with E-state index in [1.807, 2.05) is 25.1 Å². The highest BCUT2D eigenvalue weighted by atomic mass is 16.2. The maximum atomic E-state index is 12.6. The van der Waals surface area contributed by atoms with Gasteiger partial charge < -0.3 is 0 Å². The van der Waals surface area contributed by atoms with E-state index >= 15 is 0 Å². The lowest BCUT2D eigenvalue weighted by molar-refractivity contribution is -0.118. The van der Waals surface area contributed by atoms with Crippen molar-refractivity contribution in [3.63, 3.8) is 0 Å². The van der Waals surface area contributed by atoms with Crippen LogP contribution >= 0.6 is 0 Å². The van der Waals surface area contributed by atoms with Gasteiger partial charge in [0.15, 0.2) is 0 Å². The number of benzene rings is 1. The van der Waals surface area contributed by atoms with E-state index in [0.717, 1.165) is 12.8 Å². The van der Waals surface area contributed by atoms with Crippen LogP contribution in [0.2, 0.25) is 0 Å². The molecule has 0 unspecified atom stereocenters. The van der Waals surface area contributed by atoms with Crippen LogP contribution in [-0.4, -0.2) is 15.6 Å². The number of hydrogen-bond acceptors (Lipinski definition) is 3. The maximum Gasteiger partial charge on any atom is 0.280 e. The molecule has 0 radical (unpaired) electrons. The van der Waals surface area contributed by atoms with Crippen molar-refractivity contribution in [2.45, 2.75) is 45.4 Å². The number of para-hydroxylation sites is 1. The largest absolute Gasteiger partial charge is 0.280 e. The van der Waals surface area contributed by atoms with E-state index in [1.165, 1.54) is 17.5 Å². The zero-order chi connectivity index (χ0) is 15.5. The Balaban J connectivity index is 1.90. The lowest BCUT2D eigenvalue weighted by Crippen LogP contribution is -2.36. The van der Waals surface area contributed by atoms with E-state index < -0.39 is 0 Å². The maximum absolute atomic E-state index is 12.6. The van der Waals surface area contributed by atoms with Crippen LogP contribution in [0.25, 0.3) is 10.9 Å². The smallest absolute Gasteiger partial charge is 0.273 e. The molecule has 116 valence electrons. The standard InChI is InChI=1S/C17H21N3O2/c1-2-15-18-14-10-6-5-9-13(14)17(22)20(15)19-16(21)11-12-7-3-4-8-12/h5-6,9-10,12H,2-4,7-8,11H2,1H3,(H,19,21). The van der Waals surface area contributed by atoms with Gasteiger partial charge in [0, 0.05) is 12.8 Å². The highest BCUT2D eigenvalue weighted by Gasteiger charge is 2.19. The van der Waals surface area contributed by atoms with E-state index in [0.29, 0.717) is 35.5 Å². The van der Waals surface area contributed by atoms with E-state index in [4.69, 9.17) is 0 Å². The van der Waals surface area contributed by atoms with Crippen molar-refractivity contribution in [3.05, 3.63) is 40.4 Å². The Morgan fingerprint density at radius 2 is 2.05 bits per heavy atom. The molecule has 1 aliphatic rings. The zero-order valence-electron chi connectivity index (χ0n) is 12.8. The predicted octanol–water partition coefficient (Wildman–Crippen LogP) is 2.61. The molecule has 1 heterocycles. The molecule has 22 heavy (non-hydrogen) atoms. The molecule has 0 spiro atoms. The highest BCUT2D eigenvalue weighted by Crippen LogP contribution is 2.27. The van der Waals surface area contributed by atoms with E-state index in [2.05, 4.69) is 10.4 Å². The molecule has 1 fully saturated rings. The third-order valence-electron chi connectivity index (χ3n) is 4.35. The Hall–Kier alpha value is -2.17. The van der Waals surface area contributed by atoms with Crippen LogP contribution in [0.3, 0.4) is 0 Å². The third kappa shape index (κ3) is 2.89. The van der Waals surface area contributed by atoms with Crippen LogP contribution in [0.4, 0.5) is 0 Å². The van der Waals surface area contributed by atoms with Crippen molar-refractivity contribution < 1.29 is 4.79 Å². The van der Waals surface area contributed by atoms with Gasteiger partial charge >= 0.3 is 0 Å². The normalized spacial score (nSPS) is 15.3. The van der Waals surface area contributed by atoms with Gasteiger partial charge in [0.2, 0.25) is 5.91 Å². The van der Waals surface area contributed by atoms with Crippen molar-refractivity contribution in [3.8, 4) is 0 Å². The van der Waals surface area contributed by atoms with Crippen LogP contribution in [-0.2, 0) is 11.2 Å². The van der Waals surface area contributed by atoms with Gasteiger partial charge in [-0.05, 0) is 30.9 Å². The zero-order valence-corrected chi connectivity index (χ0v) is 12.8. The quantitative estimate of drug-likeness (QED) is 0.944. The number of rotatable bonds is 4. The van der Waals surface area contributed by atoms with E-state index in [-0.39, 0.29) is 11.5 Å². The molecule has 1 amide bonds. The molecule has 1 saturated carbocycles. The average molecular weight is 299 g/mol. The molecule has 1 N–H and O–H groups in total. The number of carbonyl (C=O) groups is 1. The fraction of sp³-hybridized carbons (Fsp3) is 0.471. The SMILES string of the molecule is CCc1nc2ccccc2c(=O)n1NC(=O)CC1CCCC1. The molecular formula is C17H21N3O2. The lowest BCUT2D eigenvalue weighted by Gasteiger charge is -2.15. The molecule has 5 nitrogen and oxygen atoms in total. The van der Waals surface area contributed by atoms with E-state index in [1.54, 1.807) is 6.07 Å². The number of hydrogen-bond donors (Lipinski definition) is 1. The lowest BCUT2D eigenvalue weighted by atomic mass is 10.0. The highest BCUT2D eigenvalue weighted by molar-refractivity contribution is 5.84. The Morgan fingerprint density at radius 1 is 1.32 bits per heavy atom. The molecule has 2 aromatic rings. The fourth-order valence-corrected chi connectivity index (χ4v) is 3.18. The van der Waals surface area contributed by atoms with Crippen LogP contribution in [0.5, 0.6) is 0 Å². The van der Waals surface area contributed by atoms with Crippen molar-refractivity contribution >= 4 is 16.8 Å².